The maximum atomic E-state index is 13.0. The molecule has 1 heterocycles. The fraction of sp³-hybridized carbons (Fsp3) is 0.308. The summed E-state index contributed by atoms with van der Waals surface area (Å²) in [6.45, 7) is 0.973. The normalized spacial score (nSPS) is 21.4. The fourth-order valence-electron chi connectivity index (χ4n) is 2.21. The number of benzene rings is 1. The Kier molecular flexibility index (Phi) is 3.48. The maximum absolute atomic E-state index is 13.0. The van der Waals surface area contributed by atoms with Gasteiger partial charge in [0, 0.05) is 5.69 Å². The van der Waals surface area contributed by atoms with Crippen LogP contribution in [0.25, 0.3) is 0 Å². The van der Waals surface area contributed by atoms with Gasteiger partial charge in [-0.3, -0.25) is 4.90 Å². The summed E-state index contributed by atoms with van der Waals surface area (Å²) in [6.07, 6.45) is -4.79. The molecule has 1 fully saturated rings. The van der Waals surface area contributed by atoms with Crippen LogP contribution in [0.4, 0.5) is 23.7 Å². The lowest BCUT2D eigenvalue weighted by Crippen LogP contribution is -2.51. The summed E-state index contributed by atoms with van der Waals surface area (Å²) in [7, 11) is 0. The quantitative estimate of drug-likeness (QED) is 0.872. The summed E-state index contributed by atoms with van der Waals surface area (Å²) >= 11 is 0. The van der Waals surface area contributed by atoms with Gasteiger partial charge in [0.05, 0.1) is 23.7 Å². The minimum Gasteiger partial charge on any atom is -0.479 e. The van der Waals surface area contributed by atoms with Crippen molar-refractivity contribution in [3.8, 4) is 6.07 Å². The number of rotatable bonds is 2. The van der Waals surface area contributed by atoms with E-state index < -0.39 is 34.8 Å². The number of nitrogens with one attached hydrogen (secondary N) is 1. The monoisotopic (exact) mass is 313 g/mol. The van der Waals surface area contributed by atoms with E-state index >= 15 is 0 Å². The van der Waals surface area contributed by atoms with Gasteiger partial charge >= 0.3 is 18.2 Å². The van der Waals surface area contributed by atoms with Crippen LogP contribution >= 0.6 is 0 Å². The molecular formula is C13H10F3N3O3. The third kappa shape index (κ3) is 2.32. The van der Waals surface area contributed by atoms with Gasteiger partial charge in [0.1, 0.15) is 0 Å². The Morgan fingerprint density at radius 2 is 2.14 bits per heavy atom. The number of hydrogen-bond donors (Lipinski definition) is 2. The number of urea groups is 1. The van der Waals surface area contributed by atoms with Gasteiger partial charge in [0.2, 0.25) is 0 Å². The predicted octanol–water partition coefficient (Wildman–Crippen LogP) is 1.95. The van der Waals surface area contributed by atoms with Crippen LogP contribution in [0.2, 0.25) is 0 Å². The molecule has 0 radical (unpaired) electrons. The molecule has 9 heteroatoms. The van der Waals surface area contributed by atoms with E-state index in [0.717, 1.165) is 17.0 Å². The SMILES string of the molecule is CC1(C(=O)O)CNC(=O)N1c1ccc(C#N)c(C(F)(F)F)c1. The highest BCUT2D eigenvalue weighted by atomic mass is 19.4. The number of carboxylic acids is 1. The van der Waals surface area contributed by atoms with Crippen LogP contribution < -0.4 is 10.2 Å². The number of nitrogens with zero attached hydrogens (tertiary/aromatic N) is 2. The van der Waals surface area contributed by atoms with Crippen LogP contribution in [0.3, 0.4) is 0 Å². The van der Waals surface area contributed by atoms with Gasteiger partial charge in [-0.2, -0.15) is 18.4 Å². The molecule has 2 rings (SSSR count). The van der Waals surface area contributed by atoms with Crippen molar-refractivity contribution >= 4 is 17.7 Å². The summed E-state index contributed by atoms with van der Waals surface area (Å²) < 4.78 is 38.9. The van der Waals surface area contributed by atoms with Crippen molar-refractivity contribution in [2.45, 2.75) is 18.6 Å². The average molecular weight is 313 g/mol. The van der Waals surface area contributed by atoms with E-state index in [9.17, 15) is 27.9 Å². The van der Waals surface area contributed by atoms with Crippen molar-refractivity contribution in [1.29, 1.82) is 5.26 Å². The first-order chi connectivity index (χ1) is 10.1. The number of aliphatic carboxylic acids is 1. The van der Waals surface area contributed by atoms with Crippen molar-refractivity contribution in [3.63, 3.8) is 0 Å². The number of carbonyl (C=O) groups excluding carboxylic acids is 1. The predicted molar refractivity (Wildman–Crippen MR) is 68.1 cm³/mol. The molecule has 6 nitrogen and oxygen atoms in total. The summed E-state index contributed by atoms with van der Waals surface area (Å²) in [5.74, 6) is -1.36. The molecule has 1 unspecified atom stereocenters. The average Bonchev–Trinajstić information content (AvgIpc) is 2.74. The van der Waals surface area contributed by atoms with Crippen molar-refractivity contribution in [2.24, 2.45) is 0 Å². The number of hydrogen-bond acceptors (Lipinski definition) is 3. The van der Waals surface area contributed by atoms with Gasteiger partial charge in [0.15, 0.2) is 5.54 Å². The number of alkyl halides is 3. The Morgan fingerprint density at radius 1 is 1.50 bits per heavy atom. The number of carbonyl (C=O) groups is 2. The molecule has 0 saturated carbocycles. The van der Waals surface area contributed by atoms with Crippen LogP contribution in [0, 0.1) is 11.3 Å². The van der Waals surface area contributed by atoms with Gasteiger partial charge < -0.3 is 10.4 Å². The third-order valence-corrected chi connectivity index (χ3v) is 3.43. The number of amides is 2. The Labute approximate surface area is 122 Å². The molecule has 0 spiro atoms. The second-order valence-corrected chi connectivity index (χ2v) is 4.91. The standard InChI is InChI=1S/C13H10F3N3O3/c1-12(10(20)21)6-18-11(22)19(12)8-3-2-7(5-17)9(4-8)13(14,15)16/h2-4H,6H2,1H3,(H,18,22)(H,20,21). The van der Waals surface area contributed by atoms with E-state index in [1.54, 1.807) is 0 Å². The topological polar surface area (TPSA) is 93.4 Å². The third-order valence-electron chi connectivity index (χ3n) is 3.43. The van der Waals surface area contributed by atoms with Gasteiger partial charge in [-0.1, -0.05) is 0 Å². The zero-order valence-corrected chi connectivity index (χ0v) is 11.2. The molecule has 1 aliphatic heterocycles. The molecule has 1 aromatic rings. The Bertz CT molecular complexity index is 696. The molecule has 116 valence electrons. The minimum absolute atomic E-state index is 0.244. The molecule has 2 amide bonds. The fourth-order valence-corrected chi connectivity index (χ4v) is 2.21. The summed E-state index contributed by atoms with van der Waals surface area (Å²) in [4.78, 5) is 23.9. The largest absolute Gasteiger partial charge is 0.479 e. The second kappa shape index (κ2) is 4.91. The number of carboxylic acid groups (broad SMARTS) is 1. The van der Waals surface area contributed by atoms with E-state index in [2.05, 4.69) is 5.32 Å². The first-order valence-corrected chi connectivity index (χ1v) is 6.04. The van der Waals surface area contributed by atoms with E-state index in [1.807, 2.05) is 0 Å². The highest BCUT2D eigenvalue weighted by Gasteiger charge is 2.49. The van der Waals surface area contributed by atoms with Crippen LogP contribution in [-0.2, 0) is 11.0 Å². The van der Waals surface area contributed by atoms with E-state index in [-0.39, 0.29) is 12.2 Å². The van der Waals surface area contributed by atoms with Gasteiger partial charge in [0.25, 0.3) is 0 Å². The lowest BCUT2D eigenvalue weighted by Gasteiger charge is -2.29. The van der Waals surface area contributed by atoms with Crippen molar-refractivity contribution in [2.75, 3.05) is 11.4 Å². The van der Waals surface area contributed by atoms with Crippen LogP contribution in [0.15, 0.2) is 18.2 Å². The molecule has 0 bridgehead atoms. The first-order valence-electron chi connectivity index (χ1n) is 6.04. The molecule has 1 aliphatic rings. The Morgan fingerprint density at radius 3 is 2.64 bits per heavy atom. The number of anilines is 1. The summed E-state index contributed by atoms with van der Waals surface area (Å²) in [6, 6.07) is 3.22. The molecular weight excluding hydrogens is 303 g/mol. The number of nitriles is 1. The molecule has 0 aromatic heterocycles. The first kappa shape index (κ1) is 15.6. The van der Waals surface area contributed by atoms with Crippen LogP contribution in [0.1, 0.15) is 18.1 Å². The highest BCUT2D eigenvalue weighted by Crippen LogP contribution is 2.36. The van der Waals surface area contributed by atoms with E-state index in [1.165, 1.54) is 13.0 Å². The summed E-state index contributed by atoms with van der Waals surface area (Å²) in [5, 5.41) is 20.3. The molecule has 1 aromatic carbocycles. The molecule has 2 N–H and O–H groups in total. The van der Waals surface area contributed by atoms with Gasteiger partial charge in [-0.15, -0.1) is 0 Å². The number of halogens is 3. The van der Waals surface area contributed by atoms with E-state index in [0.29, 0.717) is 6.07 Å². The molecule has 22 heavy (non-hydrogen) atoms. The summed E-state index contributed by atoms with van der Waals surface area (Å²) in [5.41, 5.74) is -3.78. The van der Waals surface area contributed by atoms with E-state index in [4.69, 9.17) is 5.26 Å². The zero-order valence-electron chi connectivity index (χ0n) is 11.2. The lowest BCUT2D eigenvalue weighted by atomic mass is 10.00. The maximum Gasteiger partial charge on any atom is 0.417 e. The second-order valence-electron chi connectivity index (χ2n) is 4.91. The lowest BCUT2D eigenvalue weighted by molar-refractivity contribution is -0.141. The molecule has 0 aliphatic carbocycles. The highest BCUT2D eigenvalue weighted by molar-refractivity contribution is 6.04. The van der Waals surface area contributed by atoms with Crippen molar-refractivity contribution < 1.29 is 27.9 Å². The molecule has 1 atom stereocenters. The van der Waals surface area contributed by atoms with Gasteiger partial charge in [-0.25, -0.2) is 9.59 Å². The molecule has 1 saturated heterocycles. The van der Waals surface area contributed by atoms with Crippen molar-refractivity contribution in [3.05, 3.63) is 29.3 Å². The Balaban J connectivity index is 2.60. The Hall–Kier alpha value is -2.76. The van der Waals surface area contributed by atoms with Crippen molar-refractivity contribution in [1.82, 2.24) is 5.32 Å². The van der Waals surface area contributed by atoms with Crippen LogP contribution in [-0.4, -0.2) is 29.2 Å². The minimum atomic E-state index is -4.79. The van der Waals surface area contributed by atoms with Gasteiger partial charge in [-0.05, 0) is 25.1 Å². The zero-order chi connectivity index (χ0) is 16.7. The smallest absolute Gasteiger partial charge is 0.417 e. The van der Waals surface area contributed by atoms with Crippen LogP contribution in [0.5, 0.6) is 0 Å².